The second kappa shape index (κ2) is 14.2. The summed E-state index contributed by atoms with van der Waals surface area (Å²) in [5.41, 5.74) is -0.813. The number of aldehydes is 1. The summed E-state index contributed by atoms with van der Waals surface area (Å²) in [6.45, 7) is 19.4. The van der Waals surface area contributed by atoms with Gasteiger partial charge < -0.3 is 29.2 Å². The van der Waals surface area contributed by atoms with Crippen molar-refractivity contribution in [2.75, 3.05) is 13.2 Å². The molecule has 0 bridgehead atoms. The van der Waals surface area contributed by atoms with Crippen LogP contribution < -0.4 is 0 Å². The van der Waals surface area contributed by atoms with Crippen LogP contribution in [0, 0.1) is 45.3 Å². The van der Waals surface area contributed by atoms with Crippen LogP contribution in [0.4, 0.5) is 4.39 Å². The van der Waals surface area contributed by atoms with E-state index in [-0.39, 0.29) is 53.5 Å². The smallest absolute Gasteiger partial charge is 0.303 e. The van der Waals surface area contributed by atoms with Gasteiger partial charge in [-0.1, -0.05) is 41.5 Å². The van der Waals surface area contributed by atoms with Crippen molar-refractivity contribution in [3.8, 4) is 0 Å². The lowest BCUT2D eigenvalue weighted by Crippen LogP contribution is -2.55. The van der Waals surface area contributed by atoms with Crippen molar-refractivity contribution >= 4 is 12.3 Å². The van der Waals surface area contributed by atoms with E-state index in [0.29, 0.717) is 30.0 Å². The number of carbonyl (C=O) groups is 2. The lowest BCUT2D eigenvalue weighted by Gasteiger charge is -2.59. The molecule has 5 aliphatic rings. The molecule has 0 aromatic carbocycles. The number of hydrogen-bond acceptors (Lipinski definition) is 8. The van der Waals surface area contributed by atoms with Gasteiger partial charge >= 0.3 is 5.97 Å². The van der Waals surface area contributed by atoms with Crippen LogP contribution in [0.5, 0.6) is 0 Å². The molecule has 0 aliphatic heterocycles. The van der Waals surface area contributed by atoms with Crippen LogP contribution >= 0.6 is 0 Å². The van der Waals surface area contributed by atoms with Crippen molar-refractivity contribution < 1.29 is 43.1 Å². The Labute approximate surface area is 283 Å². The fourth-order valence-electron chi connectivity index (χ4n) is 12.1. The second-order valence-electron chi connectivity index (χ2n) is 16.8. The van der Waals surface area contributed by atoms with Gasteiger partial charge in [-0.3, -0.25) is 9.59 Å². The largest absolute Gasteiger partial charge is 0.457 e. The molecule has 4 unspecified atom stereocenters. The van der Waals surface area contributed by atoms with E-state index in [1.807, 2.05) is 13.8 Å². The number of ether oxygens (including phenoxy) is 4. The first kappa shape index (κ1) is 38.7. The van der Waals surface area contributed by atoms with Crippen LogP contribution in [-0.4, -0.2) is 78.2 Å². The minimum atomic E-state index is -1.37. The Morgan fingerprint density at radius 3 is 2.30 bits per heavy atom. The number of esters is 1. The molecule has 13 atom stereocenters. The lowest BCUT2D eigenvalue weighted by molar-refractivity contribution is -0.219. The monoisotopic (exact) mass is 668 g/mol. The summed E-state index contributed by atoms with van der Waals surface area (Å²) in [5.74, 6) is 1.69. The van der Waals surface area contributed by atoms with Crippen molar-refractivity contribution in [2.24, 2.45) is 45.3 Å². The molecule has 0 aromatic heterocycles. The van der Waals surface area contributed by atoms with Gasteiger partial charge in [-0.05, 0) is 117 Å². The van der Waals surface area contributed by atoms with Gasteiger partial charge in [-0.15, -0.1) is 0 Å². The number of aliphatic hydroxyl groups is 2. The highest BCUT2D eigenvalue weighted by atomic mass is 19.1. The van der Waals surface area contributed by atoms with Gasteiger partial charge in [-0.2, -0.15) is 0 Å². The summed E-state index contributed by atoms with van der Waals surface area (Å²) in [4.78, 5) is 23.7. The highest BCUT2D eigenvalue weighted by Crippen LogP contribution is 2.89. The number of fused-ring (bicyclic) bond motifs is 2. The van der Waals surface area contributed by atoms with E-state index >= 15 is 0 Å². The van der Waals surface area contributed by atoms with Crippen LogP contribution in [0.1, 0.15) is 127 Å². The molecular formula is C38H65FO8. The maximum atomic E-state index is 14.4. The molecule has 5 aliphatic carbocycles. The van der Waals surface area contributed by atoms with E-state index in [2.05, 4.69) is 27.7 Å². The summed E-state index contributed by atoms with van der Waals surface area (Å²) in [7, 11) is 0. The molecule has 0 amide bonds. The van der Waals surface area contributed by atoms with E-state index in [9.17, 15) is 19.1 Å². The molecule has 2 N–H and O–H groups in total. The summed E-state index contributed by atoms with van der Waals surface area (Å²) < 4.78 is 38.5. The Balaban J connectivity index is 0.00000245. The lowest BCUT2D eigenvalue weighted by atomic mass is 9.47. The van der Waals surface area contributed by atoms with E-state index in [4.69, 9.17) is 24.1 Å². The molecule has 5 fully saturated rings. The standard InChI is InChI=1S/C36H59FO8.C2H6/c1-21(37)17-27(31(33(6,7)41)43-23(3)40)44-24-18-26-25-9-10-28-32(4,5)29(45-30(20-39)42-16-15-38)11-12-36(28)22(2)35(25,36)14-13-34(26,8)19-24;1-2/h20-22,24-31,38,41H,9-19H2,1-8H3;1-2H3/t21-,22+,24-,25+,26?,27-,28?,29+,30?,31+,34-,35+,36?;/m1./s1. The van der Waals surface area contributed by atoms with Gasteiger partial charge in [0.1, 0.15) is 6.10 Å². The van der Waals surface area contributed by atoms with Gasteiger partial charge in [0.05, 0.1) is 37.2 Å². The van der Waals surface area contributed by atoms with Gasteiger partial charge in [-0.25, -0.2) is 4.39 Å². The zero-order chi connectivity index (χ0) is 35.2. The highest BCUT2D eigenvalue weighted by molar-refractivity contribution is 5.66. The molecule has 272 valence electrons. The second-order valence-corrected chi connectivity index (χ2v) is 16.8. The third kappa shape index (κ3) is 6.71. The van der Waals surface area contributed by atoms with Crippen molar-refractivity contribution in [1.29, 1.82) is 0 Å². The normalized spacial score (nSPS) is 41.0. The molecule has 5 saturated carbocycles. The van der Waals surface area contributed by atoms with E-state index < -0.39 is 36.2 Å². The predicted molar refractivity (Wildman–Crippen MR) is 178 cm³/mol. The topological polar surface area (TPSA) is 112 Å². The fraction of sp³-hybridized carbons (Fsp3) is 0.947. The molecule has 5 rings (SSSR count). The van der Waals surface area contributed by atoms with Crippen LogP contribution in [0.2, 0.25) is 0 Å². The van der Waals surface area contributed by atoms with Crippen molar-refractivity contribution in [3.63, 3.8) is 0 Å². The maximum absolute atomic E-state index is 14.4. The summed E-state index contributed by atoms with van der Waals surface area (Å²) in [5, 5.41) is 20.1. The molecule has 8 nitrogen and oxygen atoms in total. The predicted octanol–water partition coefficient (Wildman–Crippen LogP) is 6.82. The third-order valence-electron chi connectivity index (χ3n) is 13.7. The number of halogens is 1. The first-order valence-corrected chi connectivity index (χ1v) is 18.5. The van der Waals surface area contributed by atoms with Gasteiger partial charge in [0, 0.05) is 13.3 Å². The molecule has 47 heavy (non-hydrogen) atoms. The summed E-state index contributed by atoms with van der Waals surface area (Å²) in [6.07, 6.45) is 5.19. The minimum absolute atomic E-state index is 0.0589. The van der Waals surface area contributed by atoms with E-state index in [1.54, 1.807) is 13.8 Å². The highest BCUT2D eigenvalue weighted by Gasteiger charge is 2.84. The van der Waals surface area contributed by atoms with Crippen LogP contribution in [0.25, 0.3) is 0 Å². The number of rotatable bonds is 13. The Kier molecular flexibility index (Phi) is 11.7. The number of alkyl halides is 1. The van der Waals surface area contributed by atoms with E-state index in [1.165, 1.54) is 20.3 Å². The number of hydrogen-bond donors (Lipinski definition) is 2. The van der Waals surface area contributed by atoms with Crippen LogP contribution in [0.3, 0.4) is 0 Å². The fourth-order valence-corrected chi connectivity index (χ4v) is 12.1. The average Bonchev–Trinajstić information content (AvgIpc) is 3.32. The van der Waals surface area contributed by atoms with Crippen LogP contribution in [-0.2, 0) is 28.5 Å². The minimum Gasteiger partial charge on any atom is -0.457 e. The van der Waals surface area contributed by atoms with Crippen molar-refractivity contribution in [3.05, 3.63) is 0 Å². The molecule has 0 heterocycles. The molecule has 9 heteroatoms. The Morgan fingerprint density at radius 2 is 1.72 bits per heavy atom. The van der Waals surface area contributed by atoms with Gasteiger partial charge in [0.25, 0.3) is 0 Å². The third-order valence-corrected chi connectivity index (χ3v) is 13.7. The quantitative estimate of drug-likeness (QED) is 0.125. The Hall–Kier alpha value is -1.13. The first-order chi connectivity index (χ1) is 22.0. The van der Waals surface area contributed by atoms with Gasteiger partial charge in [0.15, 0.2) is 12.4 Å². The number of aliphatic hydroxyl groups excluding tert-OH is 1. The molecular weight excluding hydrogens is 603 g/mol. The average molecular weight is 669 g/mol. The SMILES string of the molecule is CC.CC(=O)O[C@@H]([C@@H](C[C@@H](C)F)O[C@@H]1CC2[C@@H]3CCC4C(C)(C)[C@@H](OC(C=O)OCCO)CCC45[C@@H](C)[C@@]35CC[C@]2(C)C1)C(C)(C)O. The summed E-state index contributed by atoms with van der Waals surface area (Å²) >= 11 is 0. The first-order valence-electron chi connectivity index (χ1n) is 18.5. The summed E-state index contributed by atoms with van der Waals surface area (Å²) in [6, 6.07) is 0. The molecule has 0 saturated heterocycles. The zero-order valence-electron chi connectivity index (χ0n) is 30.9. The maximum Gasteiger partial charge on any atom is 0.303 e. The molecule has 0 radical (unpaired) electrons. The Bertz CT molecular complexity index is 1090. The van der Waals surface area contributed by atoms with Crippen LogP contribution in [0.15, 0.2) is 0 Å². The van der Waals surface area contributed by atoms with Gasteiger partial charge in [0.2, 0.25) is 6.29 Å². The van der Waals surface area contributed by atoms with Crippen molar-refractivity contribution in [1.82, 2.24) is 0 Å². The van der Waals surface area contributed by atoms with Crippen molar-refractivity contribution in [2.45, 2.75) is 170 Å². The molecule has 2 spiro atoms. The van der Waals surface area contributed by atoms with E-state index in [0.717, 1.165) is 44.9 Å². The molecule has 0 aromatic rings. The number of carbonyl (C=O) groups excluding carboxylic acids is 2. The zero-order valence-corrected chi connectivity index (χ0v) is 30.9. The Morgan fingerprint density at radius 1 is 1.04 bits per heavy atom.